The molecule has 2 aromatic rings. The van der Waals surface area contributed by atoms with Gasteiger partial charge in [-0.05, 0) is 34.5 Å². The molecule has 0 aromatic heterocycles. The highest BCUT2D eigenvalue weighted by Gasteiger charge is 2.35. The number of halogens is 3. The predicted molar refractivity (Wildman–Crippen MR) is 108 cm³/mol. The third kappa shape index (κ3) is 4.32. The molecule has 0 N–H and O–H groups in total. The Balaban J connectivity index is 2.93. The first-order valence-corrected chi connectivity index (χ1v) is 9.16. The lowest BCUT2D eigenvalue weighted by Gasteiger charge is -2.26. The Bertz CT molecular complexity index is 929. The highest BCUT2D eigenvalue weighted by molar-refractivity contribution is 9.10. The summed E-state index contributed by atoms with van der Waals surface area (Å²) in [5.74, 6) is 0. The molecule has 0 radical (unpaired) electrons. The van der Waals surface area contributed by atoms with Crippen molar-refractivity contribution in [3.05, 3.63) is 69.1 Å². The lowest BCUT2D eigenvalue weighted by Crippen LogP contribution is -2.21. The smallest absolute Gasteiger partial charge is 0.306 e. The molecular formula is C15H11BrCl2N4O6. The van der Waals surface area contributed by atoms with E-state index < -0.39 is 37.5 Å². The summed E-state index contributed by atoms with van der Waals surface area (Å²) >= 11 is 15.5. The lowest BCUT2D eigenvalue weighted by molar-refractivity contribution is -0.402. The summed E-state index contributed by atoms with van der Waals surface area (Å²) in [5.41, 5.74) is -2.53. The van der Waals surface area contributed by atoms with Crippen molar-refractivity contribution in [2.24, 2.45) is 0 Å². The summed E-state index contributed by atoms with van der Waals surface area (Å²) in [6.07, 6.45) is 0.441. The number of rotatable bonds is 7. The summed E-state index contributed by atoms with van der Waals surface area (Å²) < 4.78 is 0.348. The van der Waals surface area contributed by atoms with Crippen LogP contribution >= 0.6 is 39.1 Å². The SMILES string of the molecule is CCCN(c1c(Cl)cc(Cl)cc1Br)c1c([N+](=O)[O-])cc([N+](=O)[O-])cc1[N+](=O)[O-]. The Morgan fingerprint density at radius 2 is 1.46 bits per heavy atom. The van der Waals surface area contributed by atoms with E-state index in [9.17, 15) is 30.3 Å². The van der Waals surface area contributed by atoms with Crippen LogP contribution in [0, 0.1) is 30.3 Å². The molecule has 0 unspecified atom stereocenters. The molecule has 0 heterocycles. The summed E-state index contributed by atoms with van der Waals surface area (Å²) in [6.45, 7) is 1.87. The van der Waals surface area contributed by atoms with Crippen LogP contribution in [0.5, 0.6) is 0 Å². The van der Waals surface area contributed by atoms with E-state index in [-0.39, 0.29) is 22.3 Å². The van der Waals surface area contributed by atoms with Gasteiger partial charge < -0.3 is 4.90 Å². The zero-order valence-electron chi connectivity index (χ0n) is 14.1. The zero-order valence-corrected chi connectivity index (χ0v) is 17.2. The van der Waals surface area contributed by atoms with E-state index in [1.54, 1.807) is 6.92 Å². The van der Waals surface area contributed by atoms with Gasteiger partial charge in [-0.3, -0.25) is 30.3 Å². The van der Waals surface area contributed by atoms with Crippen LogP contribution in [0.15, 0.2) is 28.7 Å². The van der Waals surface area contributed by atoms with Crippen LogP contribution in [-0.4, -0.2) is 21.3 Å². The number of nitro benzene ring substituents is 3. The number of benzene rings is 2. The second-order valence-corrected chi connectivity index (χ2v) is 7.17. The highest BCUT2D eigenvalue weighted by Crippen LogP contribution is 2.48. The number of hydrogen-bond acceptors (Lipinski definition) is 7. The molecule has 0 saturated heterocycles. The maximum atomic E-state index is 11.6. The minimum atomic E-state index is -0.931. The van der Waals surface area contributed by atoms with Gasteiger partial charge in [0.05, 0.1) is 37.6 Å². The summed E-state index contributed by atoms with van der Waals surface area (Å²) in [5, 5.41) is 34.7. The molecule has 0 fully saturated rings. The number of non-ortho nitro benzene ring substituents is 1. The molecule has 0 aliphatic rings. The van der Waals surface area contributed by atoms with E-state index in [1.165, 1.54) is 17.0 Å². The van der Waals surface area contributed by atoms with Gasteiger partial charge in [0.25, 0.3) is 5.69 Å². The Hall–Kier alpha value is -2.50. The summed E-state index contributed by atoms with van der Waals surface area (Å²) in [6, 6.07) is 4.23. The van der Waals surface area contributed by atoms with Crippen molar-refractivity contribution >= 4 is 67.6 Å². The minimum absolute atomic E-state index is 0.0924. The van der Waals surface area contributed by atoms with Gasteiger partial charge in [-0.25, -0.2) is 0 Å². The topological polar surface area (TPSA) is 133 Å². The fraction of sp³-hybridized carbons (Fsp3) is 0.200. The third-order valence-corrected chi connectivity index (χ3v) is 4.74. The summed E-state index contributed by atoms with van der Waals surface area (Å²) in [4.78, 5) is 32.8. The molecule has 13 heteroatoms. The van der Waals surface area contributed by atoms with Crippen LogP contribution in [0.3, 0.4) is 0 Å². The van der Waals surface area contributed by atoms with E-state index in [0.29, 0.717) is 23.0 Å². The third-order valence-electron chi connectivity index (χ3n) is 3.63. The van der Waals surface area contributed by atoms with Gasteiger partial charge in [-0.1, -0.05) is 30.1 Å². The molecule has 0 amide bonds. The van der Waals surface area contributed by atoms with Crippen molar-refractivity contribution in [1.29, 1.82) is 0 Å². The van der Waals surface area contributed by atoms with Crippen LogP contribution < -0.4 is 4.90 Å². The average molecular weight is 494 g/mol. The van der Waals surface area contributed by atoms with Crippen molar-refractivity contribution < 1.29 is 14.8 Å². The van der Waals surface area contributed by atoms with E-state index >= 15 is 0 Å². The van der Waals surface area contributed by atoms with Crippen molar-refractivity contribution in [3.63, 3.8) is 0 Å². The molecule has 0 spiro atoms. The number of hydrogen-bond donors (Lipinski definition) is 0. The van der Waals surface area contributed by atoms with Crippen molar-refractivity contribution in [2.45, 2.75) is 13.3 Å². The van der Waals surface area contributed by atoms with Gasteiger partial charge in [0.2, 0.25) is 0 Å². The van der Waals surface area contributed by atoms with E-state index in [2.05, 4.69) is 15.9 Å². The maximum absolute atomic E-state index is 11.6. The Morgan fingerprint density at radius 3 is 1.86 bits per heavy atom. The van der Waals surface area contributed by atoms with Gasteiger partial charge in [-0.2, -0.15) is 0 Å². The number of nitrogens with zero attached hydrogens (tertiary/aromatic N) is 4. The van der Waals surface area contributed by atoms with Gasteiger partial charge in [0.15, 0.2) is 5.69 Å². The number of nitro groups is 3. The zero-order chi connectivity index (χ0) is 21.2. The number of anilines is 2. The molecule has 0 aliphatic carbocycles. The Kier molecular flexibility index (Phi) is 6.75. The van der Waals surface area contributed by atoms with Crippen LogP contribution in [0.1, 0.15) is 13.3 Å². The standard InChI is InChI=1S/C15H11BrCl2N4O6/c1-2-3-19(14-10(16)4-8(17)5-11(14)18)15-12(21(25)26)6-9(20(23)24)7-13(15)22(27)28/h4-7H,2-3H2,1H3. The van der Waals surface area contributed by atoms with Crippen LogP contribution in [0.25, 0.3) is 0 Å². The lowest BCUT2D eigenvalue weighted by atomic mass is 10.1. The molecule has 28 heavy (non-hydrogen) atoms. The van der Waals surface area contributed by atoms with Crippen LogP contribution in [0.2, 0.25) is 10.0 Å². The van der Waals surface area contributed by atoms with E-state index in [4.69, 9.17) is 23.2 Å². The predicted octanol–water partition coefficient (Wildman–Crippen LogP) is 6.03. The van der Waals surface area contributed by atoms with Crippen molar-refractivity contribution in [3.8, 4) is 0 Å². The molecule has 0 atom stereocenters. The molecular weight excluding hydrogens is 483 g/mol. The first-order valence-electron chi connectivity index (χ1n) is 7.61. The van der Waals surface area contributed by atoms with Gasteiger partial charge in [0.1, 0.15) is 0 Å². The monoisotopic (exact) mass is 492 g/mol. The molecule has 0 aliphatic heterocycles. The first-order chi connectivity index (χ1) is 13.1. The molecule has 0 saturated carbocycles. The quantitative estimate of drug-likeness (QED) is 0.339. The second-order valence-electron chi connectivity index (χ2n) is 5.47. The molecule has 2 aromatic carbocycles. The molecule has 0 bridgehead atoms. The van der Waals surface area contributed by atoms with E-state index in [1.807, 2.05) is 0 Å². The Morgan fingerprint density at radius 1 is 0.929 bits per heavy atom. The Labute approximate surface area is 176 Å². The van der Waals surface area contributed by atoms with Crippen molar-refractivity contribution in [1.82, 2.24) is 0 Å². The fourth-order valence-corrected chi connectivity index (χ4v) is 4.12. The molecule has 10 nitrogen and oxygen atoms in total. The average Bonchev–Trinajstić information content (AvgIpc) is 2.58. The second kappa shape index (κ2) is 8.67. The van der Waals surface area contributed by atoms with Gasteiger partial charge in [0, 0.05) is 16.0 Å². The maximum Gasteiger partial charge on any atom is 0.306 e. The fourth-order valence-electron chi connectivity index (χ4n) is 2.60. The normalized spacial score (nSPS) is 10.6. The summed E-state index contributed by atoms with van der Waals surface area (Å²) in [7, 11) is 0. The van der Waals surface area contributed by atoms with Crippen molar-refractivity contribution in [2.75, 3.05) is 11.4 Å². The first kappa shape index (κ1) is 21.8. The van der Waals surface area contributed by atoms with Crippen LogP contribution in [0.4, 0.5) is 28.4 Å². The molecule has 148 valence electrons. The highest BCUT2D eigenvalue weighted by atomic mass is 79.9. The largest absolute Gasteiger partial charge is 0.328 e. The minimum Gasteiger partial charge on any atom is -0.328 e. The van der Waals surface area contributed by atoms with Gasteiger partial charge >= 0.3 is 11.4 Å². The van der Waals surface area contributed by atoms with Gasteiger partial charge in [-0.15, -0.1) is 0 Å². The van der Waals surface area contributed by atoms with Crippen LogP contribution in [-0.2, 0) is 0 Å². The van der Waals surface area contributed by atoms with E-state index in [0.717, 1.165) is 0 Å². The molecule has 2 rings (SSSR count).